The van der Waals surface area contributed by atoms with Crippen molar-refractivity contribution in [1.29, 1.82) is 0 Å². The van der Waals surface area contributed by atoms with Gasteiger partial charge in [0.05, 0.1) is 6.61 Å². The fraction of sp³-hybridized carbons (Fsp3) is 1.00. The van der Waals surface area contributed by atoms with Crippen molar-refractivity contribution in [3.05, 3.63) is 0 Å². The Morgan fingerprint density at radius 3 is 2.20 bits per heavy atom. The molecule has 0 radical (unpaired) electrons. The SMILES string of the molecule is CCOC(CCS(=O)CCOC)OCC. The van der Waals surface area contributed by atoms with Gasteiger partial charge in [0, 0.05) is 49.0 Å². The molecule has 1 unspecified atom stereocenters. The summed E-state index contributed by atoms with van der Waals surface area (Å²) in [6.07, 6.45) is 0.462. The summed E-state index contributed by atoms with van der Waals surface area (Å²) in [5, 5.41) is 0. The molecule has 0 spiro atoms. The zero-order chi connectivity index (χ0) is 11.5. The van der Waals surface area contributed by atoms with E-state index in [0.29, 0.717) is 37.7 Å². The highest BCUT2D eigenvalue weighted by molar-refractivity contribution is 7.84. The van der Waals surface area contributed by atoms with E-state index in [4.69, 9.17) is 14.2 Å². The van der Waals surface area contributed by atoms with Crippen molar-refractivity contribution < 1.29 is 18.4 Å². The molecule has 0 amide bonds. The maximum Gasteiger partial charge on any atom is 0.158 e. The van der Waals surface area contributed by atoms with Crippen LogP contribution in [0.1, 0.15) is 20.3 Å². The van der Waals surface area contributed by atoms with E-state index in [2.05, 4.69) is 0 Å². The van der Waals surface area contributed by atoms with Gasteiger partial charge in [-0.2, -0.15) is 0 Å². The molecule has 0 aromatic rings. The molecule has 15 heavy (non-hydrogen) atoms. The highest BCUT2D eigenvalue weighted by atomic mass is 32.2. The summed E-state index contributed by atoms with van der Waals surface area (Å²) >= 11 is 0. The minimum absolute atomic E-state index is 0.216. The summed E-state index contributed by atoms with van der Waals surface area (Å²) in [5.41, 5.74) is 0. The first-order chi connectivity index (χ1) is 7.24. The normalized spacial score (nSPS) is 13.3. The van der Waals surface area contributed by atoms with Crippen LogP contribution in [-0.2, 0) is 25.0 Å². The van der Waals surface area contributed by atoms with Gasteiger partial charge in [-0.15, -0.1) is 0 Å². The maximum absolute atomic E-state index is 11.4. The lowest BCUT2D eigenvalue weighted by atomic mass is 10.5. The average Bonchev–Trinajstić information content (AvgIpc) is 2.23. The van der Waals surface area contributed by atoms with E-state index in [1.807, 2.05) is 13.8 Å². The highest BCUT2D eigenvalue weighted by Crippen LogP contribution is 2.02. The largest absolute Gasteiger partial charge is 0.384 e. The smallest absolute Gasteiger partial charge is 0.158 e. The molecule has 0 aromatic heterocycles. The standard InChI is InChI=1S/C10H22O4S/c1-4-13-10(14-5-2)6-8-15(11)9-7-12-3/h10H,4-9H2,1-3H3. The Bertz CT molecular complexity index is 158. The predicted molar refractivity (Wildman–Crippen MR) is 61.4 cm³/mol. The minimum Gasteiger partial charge on any atom is -0.384 e. The molecule has 0 aromatic carbocycles. The third-order valence-electron chi connectivity index (χ3n) is 1.80. The Kier molecular flexibility index (Phi) is 10.6. The van der Waals surface area contributed by atoms with Crippen molar-refractivity contribution in [2.45, 2.75) is 26.6 Å². The molecule has 0 saturated carbocycles. The van der Waals surface area contributed by atoms with Crippen LogP contribution in [-0.4, -0.2) is 48.9 Å². The first-order valence-electron chi connectivity index (χ1n) is 5.31. The third kappa shape index (κ3) is 8.99. The Morgan fingerprint density at radius 1 is 1.13 bits per heavy atom. The zero-order valence-electron chi connectivity index (χ0n) is 9.86. The molecule has 0 N–H and O–H groups in total. The summed E-state index contributed by atoms with van der Waals surface area (Å²) in [4.78, 5) is 0. The molecule has 0 aliphatic rings. The fourth-order valence-corrected chi connectivity index (χ4v) is 2.10. The second kappa shape index (κ2) is 10.5. The van der Waals surface area contributed by atoms with Crippen molar-refractivity contribution in [2.24, 2.45) is 0 Å². The molecule has 0 heterocycles. The van der Waals surface area contributed by atoms with E-state index in [9.17, 15) is 4.21 Å². The topological polar surface area (TPSA) is 44.8 Å². The van der Waals surface area contributed by atoms with E-state index in [1.54, 1.807) is 7.11 Å². The van der Waals surface area contributed by atoms with Gasteiger partial charge >= 0.3 is 0 Å². The molecule has 0 fully saturated rings. The Hall–Kier alpha value is 0.0300. The molecule has 4 nitrogen and oxygen atoms in total. The van der Waals surface area contributed by atoms with Crippen molar-refractivity contribution in [2.75, 3.05) is 38.4 Å². The number of rotatable bonds is 10. The van der Waals surface area contributed by atoms with Crippen LogP contribution in [0.4, 0.5) is 0 Å². The van der Waals surface area contributed by atoms with Gasteiger partial charge in [-0.05, 0) is 13.8 Å². The molecule has 0 bridgehead atoms. The molecule has 0 aliphatic carbocycles. The van der Waals surface area contributed by atoms with Gasteiger partial charge in [-0.3, -0.25) is 4.21 Å². The van der Waals surface area contributed by atoms with Crippen LogP contribution in [0, 0.1) is 0 Å². The Balaban J connectivity index is 3.62. The Labute approximate surface area is 94.7 Å². The predicted octanol–water partition coefficient (Wildman–Crippen LogP) is 1.17. The van der Waals surface area contributed by atoms with Gasteiger partial charge in [0.1, 0.15) is 0 Å². The summed E-state index contributed by atoms with van der Waals surface area (Å²) in [5.74, 6) is 1.19. The first-order valence-corrected chi connectivity index (χ1v) is 6.80. The van der Waals surface area contributed by atoms with Gasteiger partial charge < -0.3 is 14.2 Å². The van der Waals surface area contributed by atoms with Crippen LogP contribution in [0.25, 0.3) is 0 Å². The number of ether oxygens (including phenoxy) is 3. The monoisotopic (exact) mass is 238 g/mol. The van der Waals surface area contributed by atoms with Gasteiger partial charge in [0.25, 0.3) is 0 Å². The van der Waals surface area contributed by atoms with Crippen LogP contribution < -0.4 is 0 Å². The fourth-order valence-electron chi connectivity index (χ4n) is 1.09. The summed E-state index contributed by atoms with van der Waals surface area (Å²) in [6.45, 7) is 5.63. The quantitative estimate of drug-likeness (QED) is 0.536. The summed E-state index contributed by atoms with van der Waals surface area (Å²) < 4.78 is 27.0. The van der Waals surface area contributed by atoms with Gasteiger partial charge in [0.15, 0.2) is 6.29 Å². The lowest BCUT2D eigenvalue weighted by molar-refractivity contribution is -0.136. The third-order valence-corrected chi connectivity index (χ3v) is 3.11. The van der Waals surface area contributed by atoms with E-state index < -0.39 is 10.8 Å². The van der Waals surface area contributed by atoms with E-state index in [1.165, 1.54) is 0 Å². The molecule has 0 rings (SSSR count). The Morgan fingerprint density at radius 2 is 1.73 bits per heavy atom. The van der Waals surface area contributed by atoms with Crippen LogP contribution in [0.5, 0.6) is 0 Å². The van der Waals surface area contributed by atoms with Crippen LogP contribution in [0.15, 0.2) is 0 Å². The van der Waals surface area contributed by atoms with E-state index >= 15 is 0 Å². The van der Waals surface area contributed by atoms with Crippen LogP contribution in [0.3, 0.4) is 0 Å². The van der Waals surface area contributed by atoms with Gasteiger partial charge in [-0.1, -0.05) is 0 Å². The zero-order valence-corrected chi connectivity index (χ0v) is 10.7. The molecule has 0 aliphatic heterocycles. The molecule has 1 atom stereocenters. The number of methoxy groups -OCH3 is 1. The highest BCUT2D eigenvalue weighted by Gasteiger charge is 2.09. The minimum atomic E-state index is -0.833. The molecule has 5 heteroatoms. The van der Waals surface area contributed by atoms with E-state index in [0.717, 1.165) is 0 Å². The van der Waals surface area contributed by atoms with E-state index in [-0.39, 0.29) is 6.29 Å². The lowest BCUT2D eigenvalue weighted by Crippen LogP contribution is -2.21. The van der Waals surface area contributed by atoms with Crippen molar-refractivity contribution >= 4 is 10.8 Å². The second-order valence-electron chi connectivity index (χ2n) is 2.97. The van der Waals surface area contributed by atoms with Crippen molar-refractivity contribution in [3.8, 4) is 0 Å². The molecular weight excluding hydrogens is 216 g/mol. The van der Waals surface area contributed by atoms with Crippen LogP contribution in [0.2, 0.25) is 0 Å². The lowest BCUT2D eigenvalue weighted by Gasteiger charge is -2.16. The number of hydrogen-bond donors (Lipinski definition) is 0. The van der Waals surface area contributed by atoms with Gasteiger partial charge in [0.2, 0.25) is 0 Å². The summed E-state index contributed by atoms with van der Waals surface area (Å²) in [6, 6.07) is 0. The van der Waals surface area contributed by atoms with Crippen molar-refractivity contribution in [3.63, 3.8) is 0 Å². The molecule has 92 valence electrons. The maximum atomic E-state index is 11.4. The second-order valence-corrected chi connectivity index (χ2v) is 4.67. The molecular formula is C10H22O4S. The molecule has 0 saturated heterocycles. The van der Waals surface area contributed by atoms with Crippen molar-refractivity contribution in [1.82, 2.24) is 0 Å². The average molecular weight is 238 g/mol. The summed E-state index contributed by atoms with van der Waals surface area (Å²) in [7, 11) is 0.779. The first kappa shape index (κ1) is 15.0. The van der Waals surface area contributed by atoms with Crippen LogP contribution >= 0.6 is 0 Å². The number of hydrogen-bond acceptors (Lipinski definition) is 4. The van der Waals surface area contributed by atoms with Gasteiger partial charge in [-0.25, -0.2) is 0 Å².